The minimum atomic E-state index is -3.44. The van der Waals surface area contributed by atoms with Crippen molar-refractivity contribution in [3.63, 3.8) is 0 Å². The van der Waals surface area contributed by atoms with Gasteiger partial charge in [0.1, 0.15) is 0 Å². The van der Waals surface area contributed by atoms with Gasteiger partial charge in [0, 0.05) is 44.3 Å². The molecule has 23 heavy (non-hydrogen) atoms. The fourth-order valence-corrected chi connectivity index (χ4v) is 5.17. The van der Waals surface area contributed by atoms with E-state index in [1.54, 1.807) is 22.5 Å². The number of hydrogen-bond acceptors (Lipinski definition) is 4. The lowest BCUT2D eigenvalue weighted by molar-refractivity contribution is 0.132. The minimum Gasteiger partial charge on any atom is -0.316 e. The quantitative estimate of drug-likeness (QED) is 0.890. The van der Waals surface area contributed by atoms with E-state index < -0.39 is 10.0 Å². The van der Waals surface area contributed by atoms with Gasteiger partial charge in [0.05, 0.1) is 4.90 Å². The van der Waals surface area contributed by atoms with Crippen molar-refractivity contribution in [1.82, 2.24) is 14.5 Å². The summed E-state index contributed by atoms with van der Waals surface area (Å²) in [7, 11) is -3.44. The molecule has 1 aromatic rings. The zero-order chi connectivity index (χ0) is 16.5. The van der Waals surface area contributed by atoms with E-state index in [4.69, 9.17) is 11.6 Å². The van der Waals surface area contributed by atoms with Crippen LogP contribution in [0.1, 0.15) is 13.3 Å². The Bertz CT molecular complexity index is 651. The van der Waals surface area contributed by atoms with Crippen LogP contribution >= 0.6 is 11.6 Å². The van der Waals surface area contributed by atoms with Gasteiger partial charge in [-0.3, -0.25) is 0 Å². The summed E-state index contributed by atoms with van der Waals surface area (Å²) in [4.78, 5) is 2.67. The first-order chi connectivity index (χ1) is 10.9. The molecule has 2 saturated heterocycles. The molecule has 128 valence electrons. The number of sulfonamides is 1. The van der Waals surface area contributed by atoms with Crippen molar-refractivity contribution in [1.29, 1.82) is 0 Å². The lowest BCUT2D eigenvalue weighted by Crippen LogP contribution is -2.51. The number of halogens is 1. The van der Waals surface area contributed by atoms with E-state index in [9.17, 15) is 8.42 Å². The summed E-state index contributed by atoms with van der Waals surface area (Å²) in [5.41, 5.74) is 0.313. The van der Waals surface area contributed by atoms with E-state index in [2.05, 4.69) is 17.1 Å². The standard InChI is InChI=1S/C16H24ClN3O2S/c1-16(5-6-18-12-16)13-19-7-9-20(10-8-19)23(21,22)15-4-2-3-14(17)11-15/h2-4,11,18H,5-10,12-13H2,1H3. The largest absolute Gasteiger partial charge is 0.316 e. The molecule has 2 fully saturated rings. The molecule has 2 heterocycles. The fraction of sp³-hybridized carbons (Fsp3) is 0.625. The molecule has 0 saturated carbocycles. The van der Waals surface area contributed by atoms with Gasteiger partial charge in [-0.05, 0) is 36.6 Å². The molecule has 2 aliphatic rings. The average molecular weight is 358 g/mol. The van der Waals surface area contributed by atoms with Crippen LogP contribution in [0, 0.1) is 5.41 Å². The van der Waals surface area contributed by atoms with Crippen LogP contribution in [0.3, 0.4) is 0 Å². The first kappa shape index (κ1) is 17.2. The highest BCUT2D eigenvalue weighted by molar-refractivity contribution is 7.89. The van der Waals surface area contributed by atoms with Crippen LogP contribution in [0.2, 0.25) is 5.02 Å². The summed E-state index contributed by atoms with van der Waals surface area (Å²) in [6.45, 7) is 8.13. The molecule has 1 aromatic carbocycles. The van der Waals surface area contributed by atoms with Crippen molar-refractivity contribution in [2.45, 2.75) is 18.2 Å². The molecule has 0 aromatic heterocycles. The topological polar surface area (TPSA) is 52.7 Å². The summed E-state index contributed by atoms with van der Waals surface area (Å²) in [6.07, 6.45) is 1.19. The molecule has 2 aliphatic heterocycles. The van der Waals surface area contributed by atoms with Gasteiger partial charge in [0.25, 0.3) is 0 Å². The van der Waals surface area contributed by atoms with Gasteiger partial charge in [0.2, 0.25) is 10.0 Å². The zero-order valence-corrected chi connectivity index (χ0v) is 15.0. The summed E-state index contributed by atoms with van der Waals surface area (Å²) in [5, 5.41) is 3.87. The van der Waals surface area contributed by atoms with Crippen molar-refractivity contribution in [3.8, 4) is 0 Å². The lowest BCUT2D eigenvalue weighted by atomic mass is 9.89. The van der Waals surface area contributed by atoms with Crippen molar-refractivity contribution >= 4 is 21.6 Å². The second-order valence-electron chi connectivity index (χ2n) is 6.88. The Hall–Kier alpha value is -0.660. The molecule has 1 atom stereocenters. The van der Waals surface area contributed by atoms with Crippen LogP contribution < -0.4 is 5.32 Å². The van der Waals surface area contributed by atoms with E-state index in [1.807, 2.05) is 0 Å². The maximum absolute atomic E-state index is 12.7. The molecule has 0 aliphatic carbocycles. The van der Waals surface area contributed by atoms with Gasteiger partial charge in [-0.15, -0.1) is 0 Å². The summed E-state index contributed by atoms with van der Waals surface area (Å²) < 4.78 is 27.0. The van der Waals surface area contributed by atoms with Crippen LogP contribution in [0.4, 0.5) is 0 Å². The molecule has 0 bridgehead atoms. The minimum absolute atomic E-state index is 0.283. The number of piperazine rings is 1. The summed E-state index contributed by atoms with van der Waals surface area (Å²) in [6, 6.07) is 6.50. The molecule has 1 N–H and O–H groups in total. The van der Waals surface area contributed by atoms with Gasteiger partial charge < -0.3 is 10.2 Å². The van der Waals surface area contributed by atoms with Crippen LogP contribution in [0.15, 0.2) is 29.2 Å². The van der Waals surface area contributed by atoms with Gasteiger partial charge >= 0.3 is 0 Å². The number of benzene rings is 1. The normalized spacial score (nSPS) is 27.4. The monoisotopic (exact) mass is 357 g/mol. The van der Waals surface area contributed by atoms with Crippen LogP contribution in [0.5, 0.6) is 0 Å². The highest BCUT2D eigenvalue weighted by Gasteiger charge is 2.34. The Morgan fingerprint density at radius 3 is 2.61 bits per heavy atom. The highest BCUT2D eigenvalue weighted by Crippen LogP contribution is 2.27. The molecule has 0 spiro atoms. The van der Waals surface area contributed by atoms with Crippen LogP contribution in [-0.2, 0) is 10.0 Å². The van der Waals surface area contributed by atoms with Crippen LogP contribution in [-0.4, -0.2) is 63.4 Å². The maximum Gasteiger partial charge on any atom is 0.243 e. The lowest BCUT2D eigenvalue weighted by Gasteiger charge is -2.38. The zero-order valence-electron chi connectivity index (χ0n) is 13.5. The van der Waals surface area contributed by atoms with Crippen molar-refractivity contribution in [2.24, 2.45) is 5.41 Å². The molecule has 0 amide bonds. The molecule has 7 heteroatoms. The third-order valence-electron chi connectivity index (χ3n) is 4.83. The predicted octanol–water partition coefficient (Wildman–Crippen LogP) is 1.65. The SMILES string of the molecule is CC1(CN2CCN(S(=O)(=O)c3cccc(Cl)c3)CC2)CCNC1. The Kier molecular flexibility index (Phi) is 4.99. The molecule has 0 radical (unpaired) electrons. The smallest absolute Gasteiger partial charge is 0.243 e. The average Bonchev–Trinajstić information content (AvgIpc) is 2.94. The Morgan fingerprint density at radius 2 is 2.00 bits per heavy atom. The summed E-state index contributed by atoms with van der Waals surface area (Å²) in [5.74, 6) is 0. The molecule has 3 rings (SSSR count). The third-order valence-corrected chi connectivity index (χ3v) is 6.96. The van der Waals surface area contributed by atoms with E-state index in [-0.39, 0.29) is 4.90 Å². The van der Waals surface area contributed by atoms with Crippen molar-refractivity contribution in [2.75, 3.05) is 45.8 Å². The second kappa shape index (κ2) is 6.69. The molecular weight excluding hydrogens is 334 g/mol. The van der Waals surface area contributed by atoms with Crippen molar-refractivity contribution < 1.29 is 8.42 Å². The number of hydrogen-bond donors (Lipinski definition) is 1. The van der Waals surface area contributed by atoms with Gasteiger partial charge in [-0.2, -0.15) is 4.31 Å². The van der Waals surface area contributed by atoms with Gasteiger partial charge in [0.15, 0.2) is 0 Å². The van der Waals surface area contributed by atoms with E-state index in [1.165, 1.54) is 12.5 Å². The Morgan fingerprint density at radius 1 is 1.26 bits per heavy atom. The molecular formula is C16H24ClN3O2S. The predicted molar refractivity (Wildman–Crippen MR) is 92.2 cm³/mol. The first-order valence-corrected chi connectivity index (χ1v) is 9.90. The Labute approximate surface area is 143 Å². The Balaban J connectivity index is 1.62. The first-order valence-electron chi connectivity index (χ1n) is 8.08. The number of nitrogens with zero attached hydrogens (tertiary/aromatic N) is 2. The number of rotatable bonds is 4. The van der Waals surface area contributed by atoms with Crippen molar-refractivity contribution in [3.05, 3.63) is 29.3 Å². The third kappa shape index (κ3) is 3.88. The van der Waals surface area contributed by atoms with Crippen LogP contribution in [0.25, 0.3) is 0 Å². The van der Waals surface area contributed by atoms with E-state index >= 15 is 0 Å². The van der Waals surface area contributed by atoms with E-state index in [0.717, 1.165) is 32.7 Å². The maximum atomic E-state index is 12.7. The van der Waals surface area contributed by atoms with E-state index in [0.29, 0.717) is 23.5 Å². The van der Waals surface area contributed by atoms with Gasteiger partial charge in [-0.25, -0.2) is 8.42 Å². The highest BCUT2D eigenvalue weighted by atomic mass is 35.5. The molecule has 1 unspecified atom stereocenters. The fourth-order valence-electron chi connectivity index (χ4n) is 3.45. The second-order valence-corrected chi connectivity index (χ2v) is 9.25. The summed E-state index contributed by atoms with van der Waals surface area (Å²) >= 11 is 5.93. The van der Waals surface area contributed by atoms with Gasteiger partial charge in [-0.1, -0.05) is 24.6 Å². The number of nitrogens with one attached hydrogen (secondary N) is 1. The molecule has 5 nitrogen and oxygen atoms in total.